The summed E-state index contributed by atoms with van der Waals surface area (Å²) in [6.07, 6.45) is -2.69. The van der Waals surface area contributed by atoms with E-state index in [9.17, 15) is 45.6 Å². The summed E-state index contributed by atoms with van der Waals surface area (Å²) in [5, 5.41) is 83.7. The van der Waals surface area contributed by atoms with E-state index in [-0.39, 0.29) is 45.0 Å². The maximum atomic E-state index is 12.5. The van der Waals surface area contributed by atoms with Crippen molar-refractivity contribution in [3.63, 3.8) is 0 Å². The Kier molecular flexibility index (Phi) is 10.7. The average molecular weight is 779 g/mol. The number of hydrogen-bond donors (Lipinski definition) is 8. The van der Waals surface area contributed by atoms with Crippen molar-refractivity contribution in [1.29, 1.82) is 0 Å². The van der Waals surface area contributed by atoms with E-state index in [1.165, 1.54) is 11.1 Å². The van der Waals surface area contributed by atoms with Crippen molar-refractivity contribution in [3.8, 4) is 0 Å². The summed E-state index contributed by atoms with van der Waals surface area (Å²) in [5.74, 6) is -0.175. The molecule has 55 heavy (non-hydrogen) atoms. The van der Waals surface area contributed by atoms with Crippen LogP contribution in [0.4, 0.5) is 0 Å². The molecule has 3 saturated carbocycles. The van der Waals surface area contributed by atoms with Crippen molar-refractivity contribution in [2.75, 3.05) is 13.2 Å². The Morgan fingerprint density at radius 1 is 0.745 bits per heavy atom. The third-order valence-electron chi connectivity index (χ3n) is 16.9. The molecule has 0 aromatic heterocycles. The average Bonchev–Trinajstić information content (AvgIpc) is 3.13. The first-order chi connectivity index (χ1) is 25.6. The normalized spacial score (nSPS) is 53.5. The lowest BCUT2D eigenvalue weighted by molar-refractivity contribution is -0.368. The predicted molar refractivity (Wildman–Crippen MR) is 198 cm³/mol. The van der Waals surface area contributed by atoms with Crippen molar-refractivity contribution in [1.82, 2.24) is 0 Å². The number of carboxylic acid groups (broad SMARTS) is 1. The van der Waals surface area contributed by atoms with Crippen LogP contribution < -0.4 is 0 Å². The van der Waals surface area contributed by atoms with Gasteiger partial charge < -0.3 is 59.8 Å². The quantitative estimate of drug-likeness (QED) is 0.175. The Labute approximate surface area is 324 Å². The summed E-state index contributed by atoms with van der Waals surface area (Å²) >= 11 is 0. The molecule has 13 nitrogen and oxygen atoms in total. The van der Waals surface area contributed by atoms with Gasteiger partial charge in [0.2, 0.25) is 0 Å². The van der Waals surface area contributed by atoms with Crippen molar-refractivity contribution < 1.29 is 64.6 Å². The Hall–Kier alpha value is -1.49. The minimum atomic E-state index is -1.74. The molecule has 7 aliphatic rings. The van der Waals surface area contributed by atoms with E-state index < -0.39 is 86.0 Å². The molecule has 18 atom stereocenters. The van der Waals surface area contributed by atoms with E-state index in [2.05, 4.69) is 53.7 Å². The molecular weight excluding hydrogens is 712 g/mol. The van der Waals surface area contributed by atoms with Gasteiger partial charge in [0.05, 0.1) is 24.7 Å². The number of carboxylic acids is 1. The van der Waals surface area contributed by atoms with Crippen molar-refractivity contribution >= 4 is 5.97 Å². The van der Waals surface area contributed by atoms with Gasteiger partial charge in [-0.1, -0.05) is 59.3 Å². The molecule has 8 N–H and O–H groups in total. The number of carbonyl (C=O) groups is 1. The number of aliphatic carboxylic acids is 1. The van der Waals surface area contributed by atoms with Crippen molar-refractivity contribution in [2.45, 2.75) is 174 Å². The number of fused-ring (bicyclic) bond motifs is 6. The summed E-state index contributed by atoms with van der Waals surface area (Å²) < 4.78 is 23.9. The van der Waals surface area contributed by atoms with E-state index in [1.54, 1.807) is 0 Å². The lowest BCUT2D eigenvalue weighted by Gasteiger charge is -2.69. The molecule has 2 saturated heterocycles. The van der Waals surface area contributed by atoms with Gasteiger partial charge in [-0.3, -0.25) is 4.79 Å². The molecule has 2 aliphatic heterocycles. The maximum absolute atomic E-state index is 12.5. The highest BCUT2D eigenvalue weighted by atomic mass is 16.7. The van der Waals surface area contributed by atoms with E-state index in [0.29, 0.717) is 19.3 Å². The van der Waals surface area contributed by atoms with Gasteiger partial charge in [0.15, 0.2) is 12.6 Å². The van der Waals surface area contributed by atoms with Gasteiger partial charge >= 0.3 is 5.97 Å². The molecule has 0 bridgehead atoms. The van der Waals surface area contributed by atoms with Gasteiger partial charge in [-0.2, -0.15) is 0 Å². The second kappa shape index (κ2) is 14.1. The standard InChI is InChI=1S/C42H66O13/c1-37(2)25-10-13-42(7)26(9-8-21-22-18-39(4,36(50)51)15-14-38(22,3)16-17-41(21,42)6)40(25,5)12-11-27(37)54-34-32(49)30(47)33(24(20-44)53-34)55-35-31(48)29(46)28(45)23(19-43)52-35/h8-9,23-35,43-49H,10-20H2,1-7H3,(H,50,51)/t23-,24-,25+,26-,27-,28-,29+,30-,31+,32+,33-,34+,35+,38-,39-,40-,41+,42+/m1/s1. The number of allylic oxidation sites excluding steroid dienone is 4. The molecular formula is C42H66O13. The number of rotatable bonds is 7. The molecule has 0 amide bonds. The fourth-order valence-electron chi connectivity index (χ4n) is 12.9. The van der Waals surface area contributed by atoms with Crippen LogP contribution in [0.2, 0.25) is 0 Å². The zero-order valence-electron chi connectivity index (χ0n) is 33.6. The highest BCUT2D eigenvalue weighted by Crippen LogP contribution is 2.74. The molecule has 7 rings (SSSR count). The van der Waals surface area contributed by atoms with E-state index in [4.69, 9.17) is 18.9 Å². The maximum Gasteiger partial charge on any atom is 0.309 e. The lowest BCUT2D eigenvalue weighted by Crippen LogP contribution is -2.66. The van der Waals surface area contributed by atoms with Gasteiger partial charge in [-0.05, 0) is 109 Å². The second-order valence-electron chi connectivity index (χ2n) is 20.2. The van der Waals surface area contributed by atoms with Crippen LogP contribution in [-0.2, 0) is 23.7 Å². The van der Waals surface area contributed by atoms with Crippen LogP contribution in [0, 0.1) is 44.3 Å². The minimum Gasteiger partial charge on any atom is -0.481 e. The first kappa shape index (κ1) is 41.7. The van der Waals surface area contributed by atoms with Crippen molar-refractivity contribution in [2.24, 2.45) is 44.3 Å². The molecule has 5 fully saturated rings. The van der Waals surface area contributed by atoms with Gasteiger partial charge in [0.25, 0.3) is 0 Å². The summed E-state index contributed by atoms with van der Waals surface area (Å²) in [7, 11) is 0. The van der Waals surface area contributed by atoms with E-state index in [1.807, 2.05) is 6.92 Å². The SMILES string of the molecule is CC1(C)[C@H](O[C@@H]2O[C@H](CO)[C@@H](O[C@@H]3O[C@H](CO)[C@@H](O)[C@H](O)[C@@H]3O)[C@H](O)[C@@H]2O)CC[C@@]2(C)[C@H]3C=CC4=C5C[C@](C)(C(=O)O)CC[C@]5(C)CC[C@]4(C)[C@@]3(C)CC[C@@H]12. The highest BCUT2D eigenvalue weighted by Gasteiger charge is 2.67. The smallest absolute Gasteiger partial charge is 0.309 e. The molecule has 0 unspecified atom stereocenters. The van der Waals surface area contributed by atoms with Crippen LogP contribution >= 0.6 is 0 Å². The molecule has 0 spiro atoms. The van der Waals surface area contributed by atoms with E-state index >= 15 is 0 Å². The Morgan fingerprint density at radius 3 is 2.02 bits per heavy atom. The number of ether oxygens (including phenoxy) is 4. The van der Waals surface area contributed by atoms with Crippen LogP contribution in [0.15, 0.2) is 23.3 Å². The third kappa shape index (κ3) is 6.16. The van der Waals surface area contributed by atoms with Gasteiger partial charge in [0, 0.05) is 0 Å². The number of aliphatic hydroxyl groups is 7. The van der Waals surface area contributed by atoms with Crippen LogP contribution in [0.25, 0.3) is 0 Å². The fourth-order valence-corrected chi connectivity index (χ4v) is 12.9. The lowest BCUT2D eigenvalue weighted by atomic mass is 9.35. The molecule has 13 heteroatoms. The summed E-state index contributed by atoms with van der Waals surface area (Å²) in [6, 6.07) is 0. The van der Waals surface area contributed by atoms with Crippen LogP contribution in [0.5, 0.6) is 0 Å². The highest BCUT2D eigenvalue weighted by molar-refractivity contribution is 5.75. The molecule has 5 aliphatic carbocycles. The zero-order valence-corrected chi connectivity index (χ0v) is 33.6. The summed E-state index contributed by atoms with van der Waals surface area (Å²) in [6.45, 7) is 14.7. The fraction of sp³-hybridized carbons (Fsp3) is 0.881. The molecule has 0 aromatic rings. The minimum absolute atomic E-state index is 0.0241. The first-order valence-corrected chi connectivity index (χ1v) is 20.5. The van der Waals surface area contributed by atoms with Gasteiger partial charge in [-0.15, -0.1) is 0 Å². The van der Waals surface area contributed by atoms with Gasteiger partial charge in [-0.25, -0.2) is 0 Å². The summed E-state index contributed by atoms with van der Waals surface area (Å²) in [4.78, 5) is 12.5. The Balaban J connectivity index is 1.10. The Bertz CT molecular complexity index is 1540. The molecule has 2 heterocycles. The first-order valence-electron chi connectivity index (χ1n) is 20.5. The number of aliphatic hydroxyl groups excluding tert-OH is 7. The topological polar surface area (TPSA) is 216 Å². The largest absolute Gasteiger partial charge is 0.481 e. The summed E-state index contributed by atoms with van der Waals surface area (Å²) in [5.41, 5.74) is 1.44. The monoisotopic (exact) mass is 778 g/mol. The van der Waals surface area contributed by atoms with Crippen LogP contribution in [0.1, 0.15) is 106 Å². The predicted octanol–water partition coefficient (Wildman–Crippen LogP) is 2.80. The van der Waals surface area contributed by atoms with Crippen molar-refractivity contribution in [3.05, 3.63) is 23.3 Å². The zero-order chi connectivity index (χ0) is 40.3. The Morgan fingerprint density at radius 2 is 1.36 bits per heavy atom. The number of hydrogen-bond acceptors (Lipinski definition) is 12. The second-order valence-corrected chi connectivity index (χ2v) is 20.2. The van der Waals surface area contributed by atoms with E-state index in [0.717, 1.165) is 38.5 Å². The van der Waals surface area contributed by atoms with Crippen LogP contribution in [-0.4, -0.2) is 128 Å². The van der Waals surface area contributed by atoms with Crippen LogP contribution in [0.3, 0.4) is 0 Å². The van der Waals surface area contributed by atoms with Gasteiger partial charge in [0.1, 0.15) is 48.8 Å². The molecule has 0 radical (unpaired) electrons. The molecule has 312 valence electrons. The third-order valence-corrected chi connectivity index (χ3v) is 16.9. The molecule has 0 aromatic carbocycles.